The molecule has 1 aliphatic rings. The number of hydrogen-bond acceptors (Lipinski definition) is 16. The van der Waals surface area contributed by atoms with Crippen LogP contribution in [-0.2, 0) is 47.7 Å². The maximum atomic E-state index is 14.2. The summed E-state index contributed by atoms with van der Waals surface area (Å²) in [5.74, 6) is -5.00. The molecule has 288 valence electrons. The zero-order chi connectivity index (χ0) is 40.0. The number of benzene rings is 3. The molecule has 0 aliphatic carbocycles. The molecule has 0 amide bonds. The van der Waals surface area contributed by atoms with Crippen molar-refractivity contribution in [3.05, 3.63) is 88.1 Å². The first-order valence-corrected chi connectivity index (χ1v) is 16.7. The normalized spacial score (nSPS) is 19.1. The van der Waals surface area contributed by atoms with Crippen molar-refractivity contribution >= 4 is 46.8 Å². The molecule has 3 aromatic carbocycles. The first kappa shape index (κ1) is 39.7. The molecule has 0 radical (unpaired) electrons. The van der Waals surface area contributed by atoms with E-state index in [1.54, 1.807) is 30.3 Å². The zero-order valence-corrected chi connectivity index (χ0v) is 30.5. The third-order valence-corrected chi connectivity index (χ3v) is 8.07. The van der Waals surface area contributed by atoms with Gasteiger partial charge in [-0.15, -0.1) is 0 Å². The summed E-state index contributed by atoms with van der Waals surface area (Å²) in [5, 5.41) is -0.270. The first-order valence-electron chi connectivity index (χ1n) is 16.7. The molecule has 1 aromatic heterocycles. The van der Waals surface area contributed by atoms with Crippen molar-refractivity contribution in [2.45, 2.75) is 65.1 Å². The SMILES string of the molecule is COc1cc2oc(-c3ccc(OC(C)=O)cc3)cc(=O)c2c(OC(=O)c2ccccc2)c1[C@@H]1O[C@H](COC(C)=O)[C@@H](OC(C)=O)[C@H](OC(C)=O)[C@H]1OC(C)=O. The van der Waals surface area contributed by atoms with E-state index in [2.05, 4.69) is 0 Å². The minimum Gasteiger partial charge on any atom is -0.496 e. The van der Waals surface area contributed by atoms with E-state index in [-0.39, 0.29) is 39.4 Å². The maximum absolute atomic E-state index is 14.2. The topological polar surface area (TPSA) is 206 Å². The van der Waals surface area contributed by atoms with Gasteiger partial charge in [-0.05, 0) is 36.4 Å². The van der Waals surface area contributed by atoms with Gasteiger partial charge in [0.2, 0.25) is 0 Å². The summed E-state index contributed by atoms with van der Waals surface area (Å²) in [7, 11) is 1.26. The monoisotopic (exact) mass is 760 g/mol. The Morgan fingerprint density at radius 1 is 0.691 bits per heavy atom. The summed E-state index contributed by atoms with van der Waals surface area (Å²) < 4.78 is 51.4. The van der Waals surface area contributed by atoms with Crippen LogP contribution in [0.15, 0.2) is 75.9 Å². The first-order chi connectivity index (χ1) is 26.2. The second kappa shape index (κ2) is 17.1. The Kier molecular flexibility index (Phi) is 12.3. The molecule has 2 heterocycles. The van der Waals surface area contributed by atoms with E-state index in [1.807, 2.05) is 0 Å². The predicted molar refractivity (Wildman–Crippen MR) is 188 cm³/mol. The van der Waals surface area contributed by atoms with Crippen molar-refractivity contribution in [3.63, 3.8) is 0 Å². The van der Waals surface area contributed by atoms with E-state index in [9.17, 15) is 33.6 Å². The number of fused-ring (bicyclic) bond motifs is 1. The Balaban J connectivity index is 1.79. The summed E-state index contributed by atoms with van der Waals surface area (Å²) in [5.41, 5.74) is -0.498. The quantitative estimate of drug-likeness (QED) is 0.118. The molecule has 5 rings (SSSR count). The second-order valence-electron chi connectivity index (χ2n) is 12.2. The van der Waals surface area contributed by atoms with Crippen LogP contribution in [-0.4, -0.2) is 73.9 Å². The maximum Gasteiger partial charge on any atom is 0.343 e. The molecule has 1 aliphatic heterocycles. The van der Waals surface area contributed by atoms with Crippen LogP contribution in [0.5, 0.6) is 17.2 Å². The Bertz CT molecular complexity index is 2170. The van der Waals surface area contributed by atoms with Crippen molar-refractivity contribution < 1.29 is 71.1 Å². The smallest absolute Gasteiger partial charge is 0.343 e. The van der Waals surface area contributed by atoms with Crippen molar-refractivity contribution in [1.29, 1.82) is 0 Å². The number of carbonyl (C=O) groups is 6. The summed E-state index contributed by atoms with van der Waals surface area (Å²) >= 11 is 0. The van der Waals surface area contributed by atoms with Crippen molar-refractivity contribution in [1.82, 2.24) is 0 Å². The van der Waals surface area contributed by atoms with Gasteiger partial charge in [-0.1, -0.05) is 18.2 Å². The van der Waals surface area contributed by atoms with Gasteiger partial charge in [-0.25, -0.2) is 4.79 Å². The highest BCUT2D eigenvalue weighted by Crippen LogP contribution is 2.48. The highest BCUT2D eigenvalue weighted by molar-refractivity contribution is 5.96. The Hall–Kier alpha value is -6.55. The molecule has 16 heteroatoms. The van der Waals surface area contributed by atoms with Crippen LogP contribution >= 0.6 is 0 Å². The molecule has 55 heavy (non-hydrogen) atoms. The van der Waals surface area contributed by atoms with Crippen molar-refractivity contribution in [2.75, 3.05) is 13.7 Å². The molecule has 5 atom stereocenters. The molecule has 0 saturated carbocycles. The highest BCUT2D eigenvalue weighted by Gasteiger charge is 2.54. The number of hydrogen-bond donors (Lipinski definition) is 0. The van der Waals surface area contributed by atoms with E-state index >= 15 is 0 Å². The fraction of sp³-hybridized carbons (Fsp3) is 0.308. The summed E-state index contributed by atoms with van der Waals surface area (Å²) in [6.07, 6.45) is -7.76. The molecule has 4 aromatic rings. The molecular formula is C39H36O16. The molecule has 1 fully saturated rings. The summed E-state index contributed by atoms with van der Waals surface area (Å²) in [6.45, 7) is 5.04. The van der Waals surface area contributed by atoms with Gasteiger partial charge < -0.3 is 42.3 Å². The standard InChI is InChI=1S/C39H36O16/c1-19(40)48-18-31-34(50-21(3)42)37(51-22(4)43)38(52-23(5)44)36(54-31)33-29(47-6)17-30-32(35(33)55-39(46)25-10-8-7-9-11-25)27(45)16-28(53-30)24-12-14-26(15-13-24)49-20(2)41/h7-17,31,34,36-38H,18H2,1-6H3/t31-,34-,36+,37+,38+/m1/s1. The van der Waals surface area contributed by atoms with Gasteiger partial charge in [0.1, 0.15) is 47.0 Å². The molecule has 0 N–H and O–H groups in total. The predicted octanol–water partition coefficient (Wildman–Crippen LogP) is 4.41. The van der Waals surface area contributed by atoms with Gasteiger partial charge in [0.25, 0.3) is 0 Å². The van der Waals surface area contributed by atoms with Crippen LogP contribution in [0.4, 0.5) is 0 Å². The lowest BCUT2D eigenvalue weighted by atomic mass is 9.88. The third-order valence-electron chi connectivity index (χ3n) is 8.07. The van der Waals surface area contributed by atoms with Gasteiger partial charge in [-0.2, -0.15) is 0 Å². The van der Waals surface area contributed by atoms with E-state index in [4.69, 9.17) is 42.3 Å². The number of esters is 6. The lowest BCUT2D eigenvalue weighted by molar-refractivity contribution is -0.254. The molecule has 1 saturated heterocycles. The van der Waals surface area contributed by atoms with Crippen LogP contribution in [0.25, 0.3) is 22.3 Å². The van der Waals surface area contributed by atoms with Crippen LogP contribution < -0.4 is 19.6 Å². The largest absolute Gasteiger partial charge is 0.496 e. The number of rotatable bonds is 11. The zero-order valence-electron chi connectivity index (χ0n) is 30.5. The van der Waals surface area contributed by atoms with Gasteiger partial charge in [0.05, 0.1) is 18.2 Å². The lowest BCUT2D eigenvalue weighted by Crippen LogP contribution is -2.59. The molecule has 0 bridgehead atoms. The number of ether oxygens (including phenoxy) is 8. The van der Waals surface area contributed by atoms with Crippen LogP contribution in [0.1, 0.15) is 56.6 Å². The van der Waals surface area contributed by atoms with E-state index in [0.717, 1.165) is 33.8 Å². The van der Waals surface area contributed by atoms with Crippen LogP contribution in [0.2, 0.25) is 0 Å². The van der Waals surface area contributed by atoms with Gasteiger partial charge in [0, 0.05) is 52.3 Å². The number of methoxy groups -OCH3 is 1. The minimum absolute atomic E-state index is 0.0781. The molecular weight excluding hydrogens is 724 g/mol. The fourth-order valence-corrected chi connectivity index (χ4v) is 6.01. The van der Waals surface area contributed by atoms with Gasteiger partial charge in [-0.3, -0.25) is 28.8 Å². The van der Waals surface area contributed by atoms with Crippen molar-refractivity contribution in [2.24, 2.45) is 0 Å². The third kappa shape index (κ3) is 9.34. The van der Waals surface area contributed by atoms with Crippen molar-refractivity contribution in [3.8, 4) is 28.6 Å². The number of carbonyl (C=O) groups excluding carboxylic acids is 6. The second-order valence-corrected chi connectivity index (χ2v) is 12.2. The average Bonchev–Trinajstić information content (AvgIpc) is 3.12. The fourth-order valence-electron chi connectivity index (χ4n) is 6.01. The minimum atomic E-state index is -1.65. The van der Waals surface area contributed by atoms with E-state index < -0.39 is 84.1 Å². The van der Waals surface area contributed by atoms with Crippen LogP contribution in [0, 0.1) is 0 Å². The van der Waals surface area contributed by atoms with E-state index in [1.165, 1.54) is 44.4 Å². The van der Waals surface area contributed by atoms with Gasteiger partial charge in [0.15, 0.2) is 29.5 Å². The summed E-state index contributed by atoms with van der Waals surface area (Å²) in [4.78, 5) is 88.8. The Morgan fingerprint density at radius 2 is 1.31 bits per heavy atom. The molecule has 0 spiro atoms. The molecule has 0 unspecified atom stereocenters. The van der Waals surface area contributed by atoms with Crippen LogP contribution in [0.3, 0.4) is 0 Å². The Labute approximate surface area is 313 Å². The molecule has 16 nitrogen and oxygen atoms in total. The average molecular weight is 761 g/mol. The highest BCUT2D eigenvalue weighted by atomic mass is 16.7. The van der Waals surface area contributed by atoms with Gasteiger partial charge >= 0.3 is 35.8 Å². The van der Waals surface area contributed by atoms with E-state index in [0.29, 0.717) is 5.56 Å². The summed E-state index contributed by atoms with van der Waals surface area (Å²) in [6, 6.07) is 16.4. The lowest BCUT2D eigenvalue weighted by Gasteiger charge is -2.45. The Morgan fingerprint density at radius 3 is 1.89 bits per heavy atom.